The highest BCUT2D eigenvalue weighted by Gasteiger charge is 2.54. The van der Waals surface area contributed by atoms with E-state index in [1.54, 1.807) is 21.3 Å². The summed E-state index contributed by atoms with van der Waals surface area (Å²) in [6.45, 7) is 0. The van der Waals surface area contributed by atoms with Gasteiger partial charge < -0.3 is 23.7 Å². The molecule has 50 heavy (non-hydrogen) atoms. The molecule has 1 aliphatic heterocycles. The molecule has 0 radical (unpaired) electrons. The number of fused-ring (bicyclic) bond motifs is 8. The second kappa shape index (κ2) is 12.1. The third kappa shape index (κ3) is 4.59. The minimum Gasteiger partial charge on any atom is -0.497 e. The average Bonchev–Trinajstić information content (AvgIpc) is 3.48. The van der Waals surface area contributed by atoms with Crippen LogP contribution in [0.1, 0.15) is 33.4 Å². The molecule has 2 aliphatic rings. The van der Waals surface area contributed by atoms with Crippen molar-refractivity contribution in [2.24, 2.45) is 0 Å². The molecule has 1 aliphatic carbocycles. The van der Waals surface area contributed by atoms with Crippen molar-refractivity contribution in [1.82, 2.24) is 0 Å². The minimum absolute atomic E-state index is 0.326. The largest absolute Gasteiger partial charge is 0.497 e. The van der Waals surface area contributed by atoms with Gasteiger partial charge >= 0.3 is 5.97 Å². The maximum atomic E-state index is 14.6. The summed E-state index contributed by atoms with van der Waals surface area (Å²) >= 11 is 0. The molecular weight excluding hydrogens is 624 g/mol. The van der Waals surface area contributed by atoms with Gasteiger partial charge in [0.25, 0.3) is 0 Å². The van der Waals surface area contributed by atoms with E-state index < -0.39 is 11.0 Å². The third-order valence-electron chi connectivity index (χ3n) is 10.2. The average molecular weight is 661 g/mol. The van der Waals surface area contributed by atoms with Gasteiger partial charge in [-0.2, -0.15) is 0 Å². The van der Waals surface area contributed by atoms with Gasteiger partial charge in [-0.15, -0.1) is 0 Å². The molecule has 0 N–H and O–H groups in total. The first-order valence-corrected chi connectivity index (χ1v) is 16.5. The van der Waals surface area contributed by atoms with Gasteiger partial charge in [-0.1, -0.05) is 84.9 Å². The molecular formula is C44H36O6. The second-order valence-electron chi connectivity index (χ2n) is 12.6. The number of carbonyl (C=O) groups is 1. The van der Waals surface area contributed by atoms with Gasteiger partial charge in [0.15, 0.2) is 5.60 Å². The highest BCUT2D eigenvalue weighted by atomic mass is 16.5. The van der Waals surface area contributed by atoms with E-state index in [0.29, 0.717) is 17.9 Å². The van der Waals surface area contributed by atoms with E-state index in [2.05, 4.69) is 42.5 Å². The van der Waals surface area contributed by atoms with Crippen LogP contribution in [0.5, 0.6) is 23.0 Å². The molecule has 0 bridgehead atoms. The number of ether oxygens (including phenoxy) is 5. The van der Waals surface area contributed by atoms with E-state index in [1.807, 2.05) is 91.0 Å². The maximum absolute atomic E-state index is 14.6. The van der Waals surface area contributed by atoms with E-state index in [4.69, 9.17) is 23.7 Å². The van der Waals surface area contributed by atoms with Crippen molar-refractivity contribution in [3.63, 3.8) is 0 Å². The molecule has 1 heterocycles. The fourth-order valence-corrected chi connectivity index (χ4v) is 7.88. The summed E-state index contributed by atoms with van der Waals surface area (Å²) in [4.78, 5) is 14.6. The zero-order chi connectivity index (χ0) is 34.5. The lowest BCUT2D eigenvalue weighted by molar-refractivity contribution is -0.145. The molecule has 0 spiro atoms. The van der Waals surface area contributed by atoms with Crippen LogP contribution in [0.2, 0.25) is 0 Å². The molecule has 248 valence electrons. The van der Waals surface area contributed by atoms with Gasteiger partial charge in [0, 0.05) is 22.1 Å². The van der Waals surface area contributed by atoms with Crippen molar-refractivity contribution in [3.8, 4) is 34.1 Å². The molecule has 1 atom stereocenters. The van der Waals surface area contributed by atoms with Gasteiger partial charge in [0.05, 0.1) is 28.4 Å². The normalized spacial score (nSPS) is 16.5. The number of hydrogen-bond acceptors (Lipinski definition) is 6. The molecule has 1 unspecified atom stereocenters. The monoisotopic (exact) mass is 660 g/mol. The number of hydrogen-bond donors (Lipinski definition) is 0. The Balaban J connectivity index is 1.48. The van der Waals surface area contributed by atoms with Crippen LogP contribution in [-0.2, 0) is 27.0 Å². The molecule has 0 saturated heterocycles. The molecule has 0 aromatic heterocycles. The van der Waals surface area contributed by atoms with E-state index in [-0.39, 0.29) is 5.97 Å². The summed E-state index contributed by atoms with van der Waals surface area (Å²) in [7, 11) is 6.45. The van der Waals surface area contributed by atoms with Crippen LogP contribution in [0, 0.1) is 0 Å². The molecule has 8 rings (SSSR count). The summed E-state index contributed by atoms with van der Waals surface area (Å²) in [5, 5.41) is 1.84. The first-order valence-electron chi connectivity index (χ1n) is 16.5. The molecule has 6 nitrogen and oxygen atoms in total. The predicted molar refractivity (Wildman–Crippen MR) is 195 cm³/mol. The summed E-state index contributed by atoms with van der Waals surface area (Å²) in [6.07, 6.45) is 4.63. The molecule has 6 heteroatoms. The SMILES string of the molecule is COC(=O)C1(Cc2ccccc2)c2ccccc2-c2c1c1c(c3ccc(OC)cc23)OC(c2ccc(OC)cc2)(c2ccc(OC)cc2)C=C1. The lowest BCUT2D eigenvalue weighted by atomic mass is 9.70. The van der Waals surface area contributed by atoms with Crippen LogP contribution in [0.4, 0.5) is 0 Å². The van der Waals surface area contributed by atoms with E-state index >= 15 is 0 Å². The number of rotatable bonds is 8. The quantitative estimate of drug-likeness (QED) is 0.152. The number of carbonyl (C=O) groups excluding carboxylic acids is 1. The van der Waals surface area contributed by atoms with E-state index in [9.17, 15) is 4.79 Å². The molecule has 0 saturated carbocycles. The topological polar surface area (TPSA) is 63.2 Å². The zero-order valence-electron chi connectivity index (χ0n) is 28.4. The molecule has 0 fully saturated rings. The van der Waals surface area contributed by atoms with Gasteiger partial charge in [-0.3, -0.25) is 4.79 Å². The number of benzene rings is 6. The van der Waals surface area contributed by atoms with Gasteiger partial charge in [-0.25, -0.2) is 0 Å². The standard InChI is InChI=1S/C44H36O6/c1-46-31-18-14-29(15-19-31)44(30-16-20-32(47-2)21-17-30)25-24-36-40-39(37-26-33(48-3)22-23-34(37)41(36)50-44)35-12-8-9-13-38(35)43(40,42(45)49-4)27-28-10-6-5-7-11-28/h5-26H,27H2,1-4H3. The van der Waals surface area contributed by atoms with E-state index in [1.165, 1.54) is 7.11 Å². The summed E-state index contributed by atoms with van der Waals surface area (Å²) in [5.41, 5.74) is 5.24. The Morgan fingerprint density at radius 3 is 1.88 bits per heavy atom. The Morgan fingerprint density at radius 1 is 0.660 bits per heavy atom. The highest BCUT2D eigenvalue weighted by Crippen LogP contribution is 2.60. The maximum Gasteiger partial charge on any atom is 0.321 e. The fourth-order valence-electron chi connectivity index (χ4n) is 7.88. The number of esters is 1. The Labute approximate surface area is 291 Å². The Hall–Kier alpha value is -6.01. The third-order valence-corrected chi connectivity index (χ3v) is 10.2. The minimum atomic E-state index is -1.16. The summed E-state index contributed by atoms with van der Waals surface area (Å²) in [5.74, 6) is 2.54. The summed E-state index contributed by atoms with van der Waals surface area (Å²) in [6, 6.07) is 40.2. The summed E-state index contributed by atoms with van der Waals surface area (Å²) < 4.78 is 30.0. The van der Waals surface area contributed by atoms with Crippen LogP contribution in [0.3, 0.4) is 0 Å². The molecule has 6 aromatic carbocycles. The van der Waals surface area contributed by atoms with Crippen molar-refractivity contribution in [2.75, 3.05) is 28.4 Å². The van der Waals surface area contributed by atoms with E-state index in [0.717, 1.165) is 66.8 Å². The van der Waals surface area contributed by atoms with Crippen molar-refractivity contribution < 1.29 is 28.5 Å². The van der Waals surface area contributed by atoms with Crippen molar-refractivity contribution in [1.29, 1.82) is 0 Å². The van der Waals surface area contributed by atoms with Gasteiger partial charge in [0.1, 0.15) is 28.4 Å². The van der Waals surface area contributed by atoms with Crippen LogP contribution >= 0.6 is 0 Å². The fraction of sp³-hybridized carbons (Fsp3) is 0.159. The lowest BCUT2D eigenvalue weighted by Gasteiger charge is -2.39. The molecule has 0 amide bonds. The van der Waals surface area contributed by atoms with Crippen LogP contribution < -0.4 is 18.9 Å². The van der Waals surface area contributed by atoms with Crippen LogP contribution in [0.15, 0.2) is 127 Å². The van der Waals surface area contributed by atoms with Crippen LogP contribution in [-0.4, -0.2) is 34.4 Å². The number of methoxy groups -OCH3 is 4. The zero-order valence-corrected chi connectivity index (χ0v) is 28.4. The first-order chi connectivity index (χ1) is 24.5. The van der Waals surface area contributed by atoms with Gasteiger partial charge in [0.2, 0.25) is 0 Å². The van der Waals surface area contributed by atoms with Crippen LogP contribution in [0.25, 0.3) is 28.0 Å². The van der Waals surface area contributed by atoms with Crippen molar-refractivity contribution in [2.45, 2.75) is 17.4 Å². The highest BCUT2D eigenvalue weighted by molar-refractivity contribution is 6.13. The Bertz CT molecular complexity index is 2220. The second-order valence-corrected chi connectivity index (χ2v) is 12.6. The van der Waals surface area contributed by atoms with Crippen molar-refractivity contribution >= 4 is 22.8 Å². The first kappa shape index (κ1) is 31.3. The predicted octanol–water partition coefficient (Wildman–Crippen LogP) is 8.90. The Morgan fingerprint density at radius 2 is 1.26 bits per heavy atom. The smallest absolute Gasteiger partial charge is 0.321 e. The van der Waals surface area contributed by atoms with Gasteiger partial charge in [-0.05, 0) is 88.2 Å². The van der Waals surface area contributed by atoms with Crippen molar-refractivity contribution in [3.05, 3.63) is 161 Å². The Kier molecular flexibility index (Phi) is 7.60. The lowest BCUT2D eigenvalue weighted by Crippen LogP contribution is -2.40. The molecule has 6 aromatic rings.